The fraction of sp³-hybridized carbons (Fsp3) is 0.667. The van der Waals surface area contributed by atoms with Crippen LogP contribution in [0, 0.1) is 0 Å². The first-order valence-corrected chi connectivity index (χ1v) is 11.1. The number of piperidine rings is 1. The minimum Gasteiger partial charge on any atom is -0.491 e. The van der Waals surface area contributed by atoms with Crippen LogP contribution in [-0.4, -0.2) is 53.8 Å². The lowest BCUT2D eigenvalue weighted by atomic mass is 9.84. The van der Waals surface area contributed by atoms with Gasteiger partial charge in [-0.2, -0.15) is 0 Å². The zero-order valence-electron chi connectivity index (χ0n) is 18.1. The molecule has 2 saturated heterocycles. The SMILES string of the molecule is C=CCCCN1CNC2(CCN(Cc3cccc(O[C@H](C)CC)c3)C(C)C2)C1. The van der Waals surface area contributed by atoms with Gasteiger partial charge in [-0.25, -0.2) is 0 Å². The van der Waals surface area contributed by atoms with E-state index >= 15 is 0 Å². The van der Waals surface area contributed by atoms with Gasteiger partial charge in [0.2, 0.25) is 0 Å². The van der Waals surface area contributed by atoms with Crippen LogP contribution in [-0.2, 0) is 6.54 Å². The molecule has 1 spiro atoms. The highest BCUT2D eigenvalue weighted by Crippen LogP contribution is 2.32. The lowest BCUT2D eigenvalue weighted by Gasteiger charge is -2.44. The number of unbranched alkanes of at least 4 members (excludes halogenated alkanes) is 1. The summed E-state index contributed by atoms with van der Waals surface area (Å²) in [5.41, 5.74) is 1.67. The minimum atomic E-state index is 0.270. The molecular weight excluding hydrogens is 346 g/mol. The molecule has 0 amide bonds. The highest BCUT2D eigenvalue weighted by Gasteiger charge is 2.42. The maximum absolute atomic E-state index is 6.01. The second-order valence-corrected chi connectivity index (χ2v) is 8.86. The van der Waals surface area contributed by atoms with Crippen LogP contribution in [0.2, 0.25) is 0 Å². The van der Waals surface area contributed by atoms with Gasteiger partial charge in [-0.1, -0.05) is 25.1 Å². The second kappa shape index (κ2) is 9.91. The summed E-state index contributed by atoms with van der Waals surface area (Å²) >= 11 is 0. The van der Waals surface area contributed by atoms with Crippen LogP contribution in [0.3, 0.4) is 0 Å². The van der Waals surface area contributed by atoms with Gasteiger partial charge in [0.05, 0.1) is 6.10 Å². The predicted molar refractivity (Wildman–Crippen MR) is 118 cm³/mol. The van der Waals surface area contributed by atoms with Crippen molar-refractivity contribution in [1.29, 1.82) is 0 Å². The summed E-state index contributed by atoms with van der Waals surface area (Å²) < 4.78 is 6.01. The molecule has 0 aromatic heterocycles. The summed E-state index contributed by atoms with van der Waals surface area (Å²) in [6, 6.07) is 9.25. The molecule has 0 saturated carbocycles. The maximum Gasteiger partial charge on any atom is 0.120 e. The number of likely N-dealkylation sites (tertiary alicyclic amines) is 1. The molecule has 1 aromatic rings. The summed E-state index contributed by atoms with van der Waals surface area (Å²) in [5, 5.41) is 3.85. The molecule has 2 fully saturated rings. The summed E-state index contributed by atoms with van der Waals surface area (Å²) in [6.07, 6.45) is 8.14. The molecule has 4 heteroatoms. The lowest BCUT2D eigenvalue weighted by molar-refractivity contribution is 0.0898. The average molecular weight is 386 g/mol. The fourth-order valence-corrected chi connectivity index (χ4v) is 4.62. The number of hydrogen-bond donors (Lipinski definition) is 1. The fourth-order valence-electron chi connectivity index (χ4n) is 4.62. The van der Waals surface area contributed by atoms with Gasteiger partial charge in [0, 0.05) is 37.9 Å². The van der Waals surface area contributed by atoms with E-state index in [0.29, 0.717) is 11.6 Å². The third-order valence-corrected chi connectivity index (χ3v) is 6.47. The number of allylic oxidation sites excluding steroid dienone is 1. The van der Waals surface area contributed by atoms with Crippen LogP contribution in [0.15, 0.2) is 36.9 Å². The first-order valence-electron chi connectivity index (χ1n) is 11.1. The van der Waals surface area contributed by atoms with Gasteiger partial charge in [0.25, 0.3) is 0 Å². The Morgan fingerprint density at radius 2 is 2.29 bits per heavy atom. The van der Waals surface area contributed by atoms with Crippen molar-refractivity contribution in [3.63, 3.8) is 0 Å². The average Bonchev–Trinajstić information content (AvgIpc) is 3.07. The molecule has 3 atom stereocenters. The first kappa shape index (κ1) is 21.4. The lowest BCUT2D eigenvalue weighted by Crippen LogP contribution is -2.55. The van der Waals surface area contributed by atoms with Crippen molar-refractivity contribution >= 4 is 0 Å². The quantitative estimate of drug-likeness (QED) is 0.503. The molecule has 1 N–H and O–H groups in total. The van der Waals surface area contributed by atoms with Gasteiger partial charge in [-0.15, -0.1) is 6.58 Å². The van der Waals surface area contributed by atoms with Crippen molar-refractivity contribution in [2.24, 2.45) is 0 Å². The highest BCUT2D eigenvalue weighted by atomic mass is 16.5. The molecule has 28 heavy (non-hydrogen) atoms. The second-order valence-electron chi connectivity index (χ2n) is 8.86. The summed E-state index contributed by atoms with van der Waals surface area (Å²) in [7, 11) is 0. The number of nitrogens with zero attached hydrogens (tertiary/aromatic N) is 2. The normalized spacial score (nSPS) is 27.2. The van der Waals surface area contributed by atoms with E-state index in [2.05, 4.69) is 66.7 Å². The van der Waals surface area contributed by atoms with Crippen molar-refractivity contribution in [2.75, 3.05) is 26.3 Å². The standard InChI is InChI=1S/C24H39N3O/c1-5-7-8-13-26-18-24(25-19-26)12-14-27(20(3)16-24)17-22-10-9-11-23(15-22)28-21(4)6-2/h5,9-11,15,20-21,25H,1,6-8,12-14,16-19H2,2-4H3/t20?,21-,24?/m1/s1. The van der Waals surface area contributed by atoms with Gasteiger partial charge in [-0.05, 0) is 70.2 Å². The Morgan fingerprint density at radius 3 is 3.04 bits per heavy atom. The third-order valence-electron chi connectivity index (χ3n) is 6.47. The molecular formula is C24H39N3O. The van der Waals surface area contributed by atoms with Gasteiger partial charge in [0.1, 0.15) is 5.75 Å². The molecule has 4 nitrogen and oxygen atoms in total. The van der Waals surface area contributed by atoms with E-state index < -0.39 is 0 Å². The Hall–Kier alpha value is -1.36. The molecule has 3 rings (SSSR count). The molecule has 2 heterocycles. The zero-order valence-corrected chi connectivity index (χ0v) is 18.1. The van der Waals surface area contributed by atoms with Crippen LogP contribution in [0.5, 0.6) is 5.75 Å². The van der Waals surface area contributed by atoms with Gasteiger partial charge >= 0.3 is 0 Å². The summed E-state index contributed by atoms with van der Waals surface area (Å²) in [6.45, 7) is 16.1. The number of nitrogens with one attached hydrogen (secondary N) is 1. The van der Waals surface area contributed by atoms with Crippen LogP contribution in [0.1, 0.15) is 58.4 Å². The largest absolute Gasteiger partial charge is 0.491 e. The monoisotopic (exact) mass is 385 g/mol. The Balaban J connectivity index is 1.52. The molecule has 0 bridgehead atoms. The van der Waals surface area contributed by atoms with E-state index in [1.165, 1.54) is 37.9 Å². The Bertz CT molecular complexity index is 634. The van der Waals surface area contributed by atoms with Crippen molar-refractivity contribution in [2.45, 2.75) is 77.1 Å². The van der Waals surface area contributed by atoms with Crippen molar-refractivity contribution in [3.05, 3.63) is 42.5 Å². The number of benzene rings is 1. The van der Waals surface area contributed by atoms with Crippen molar-refractivity contribution < 1.29 is 4.74 Å². The number of rotatable bonds is 9. The smallest absolute Gasteiger partial charge is 0.120 e. The van der Waals surface area contributed by atoms with Crippen LogP contribution >= 0.6 is 0 Å². The third kappa shape index (κ3) is 5.59. The predicted octanol–water partition coefficient (Wildman–Crippen LogP) is 4.42. The number of hydrogen-bond acceptors (Lipinski definition) is 4. The molecule has 0 aliphatic carbocycles. The van der Waals surface area contributed by atoms with E-state index in [1.807, 2.05) is 6.08 Å². The molecule has 156 valence electrons. The van der Waals surface area contributed by atoms with Crippen LogP contribution < -0.4 is 10.1 Å². The Labute approximate surface area is 171 Å². The Kier molecular flexibility index (Phi) is 7.55. The first-order chi connectivity index (χ1) is 13.5. The van der Waals surface area contributed by atoms with E-state index in [9.17, 15) is 0 Å². The molecule has 1 aromatic carbocycles. The van der Waals surface area contributed by atoms with Gasteiger partial charge in [0.15, 0.2) is 0 Å². The molecule has 2 unspecified atom stereocenters. The van der Waals surface area contributed by atoms with E-state index in [1.54, 1.807) is 0 Å². The van der Waals surface area contributed by atoms with E-state index in [0.717, 1.165) is 38.3 Å². The number of ether oxygens (including phenoxy) is 1. The van der Waals surface area contributed by atoms with E-state index in [4.69, 9.17) is 4.74 Å². The Morgan fingerprint density at radius 1 is 1.43 bits per heavy atom. The minimum absolute atomic E-state index is 0.270. The topological polar surface area (TPSA) is 27.7 Å². The zero-order chi connectivity index (χ0) is 20.0. The summed E-state index contributed by atoms with van der Waals surface area (Å²) in [5.74, 6) is 1.00. The van der Waals surface area contributed by atoms with Crippen LogP contribution in [0.4, 0.5) is 0 Å². The van der Waals surface area contributed by atoms with E-state index in [-0.39, 0.29) is 6.10 Å². The van der Waals surface area contributed by atoms with Crippen LogP contribution in [0.25, 0.3) is 0 Å². The summed E-state index contributed by atoms with van der Waals surface area (Å²) in [4.78, 5) is 5.22. The van der Waals surface area contributed by atoms with Crippen molar-refractivity contribution in [3.8, 4) is 5.75 Å². The molecule has 2 aliphatic heterocycles. The van der Waals surface area contributed by atoms with Gasteiger partial charge in [-0.3, -0.25) is 15.1 Å². The van der Waals surface area contributed by atoms with Gasteiger partial charge < -0.3 is 4.74 Å². The molecule has 2 aliphatic rings. The molecule has 0 radical (unpaired) electrons. The van der Waals surface area contributed by atoms with Crippen molar-refractivity contribution in [1.82, 2.24) is 15.1 Å². The maximum atomic E-state index is 6.01. The highest BCUT2D eigenvalue weighted by molar-refractivity contribution is 5.28.